The van der Waals surface area contributed by atoms with Crippen LogP contribution in [0.2, 0.25) is 0 Å². The van der Waals surface area contributed by atoms with Gasteiger partial charge < -0.3 is 9.84 Å². The molecule has 0 aliphatic rings. The van der Waals surface area contributed by atoms with E-state index in [2.05, 4.69) is 0 Å². The smallest absolute Gasteiger partial charge is 0.127 e. The molecule has 0 fully saturated rings. The number of nitrogens with zero attached hydrogens (tertiary/aromatic N) is 1. The second kappa shape index (κ2) is 5.06. The molecule has 0 aliphatic heterocycles. The summed E-state index contributed by atoms with van der Waals surface area (Å²) < 4.78 is 5.13. The van der Waals surface area contributed by atoms with Crippen LogP contribution in [0.15, 0.2) is 24.5 Å². The van der Waals surface area contributed by atoms with Crippen molar-refractivity contribution in [3.63, 3.8) is 0 Å². The van der Waals surface area contributed by atoms with Crippen molar-refractivity contribution in [1.82, 2.24) is 0 Å². The van der Waals surface area contributed by atoms with Gasteiger partial charge in [-0.3, -0.25) is 0 Å². The monoisotopic (exact) mass is 203 g/mol. The lowest BCUT2D eigenvalue weighted by Gasteiger charge is -2.08. The van der Waals surface area contributed by atoms with E-state index in [1.165, 1.54) is 7.11 Å². The van der Waals surface area contributed by atoms with Gasteiger partial charge in [0.2, 0.25) is 0 Å². The topological polar surface area (TPSA) is 53.2 Å². The third-order valence-corrected chi connectivity index (χ3v) is 2.21. The van der Waals surface area contributed by atoms with Crippen molar-refractivity contribution in [2.75, 3.05) is 7.11 Å². The maximum absolute atomic E-state index is 8.92. The molecule has 0 aromatic heterocycles. The van der Waals surface area contributed by atoms with E-state index in [9.17, 15) is 0 Å². The third-order valence-electron chi connectivity index (χ3n) is 2.21. The Morgan fingerprint density at radius 2 is 2.33 bits per heavy atom. The second-order valence-electron chi connectivity index (χ2n) is 3.04. The maximum Gasteiger partial charge on any atom is 0.127 e. The number of hydrogen-bond acceptors (Lipinski definition) is 3. The Kier molecular flexibility index (Phi) is 3.75. The van der Waals surface area contributed by atoms with E-state index in [4.69, 9.17) is 15.1 Å². The van der Waals surface area contributed by atoms with E-state index in [0.717, 1.165) is 18.2 Å². The van der Waals surface area contributed by atoms with Gasteiger partial charge in [-0.05, 0) is 24.1 Å². The summed E-state index contributed by atoms with van der Waals surface area (Å²) in [7, 11) is 1.54. The molecular weight excluding hydrogens is 190 g/mol. The molecule has 0 atom stereocenters. The number of methoxy groups -OCH3 is 1. The van der Waals surface area contributed by atoms with E-state index >= 15 is 0 Å². The number of rotatable bonds is 3. The average Bonchev–Trinajstić information content (AvgIpc) is 2.30. The van der Waals surface area contributed by atoms with Crippen LogP contribution in [0, 0.1) is 11.3 Å². The Labute approximate surface area is 89.2 Å². The number of aliphatic hydroxyl groups excluding tert-OH is 1. The second-order valence-corrected chi connectivity index (χ2v) is 3.04. The van der Waals surface area contributed by atoms with Gasteiger partial charge in [0.25, 0.3) is 0 Å². The molecule has 0 saturated heterocycles. The number of allylic oxidation sites excluding steroid dienone is 1. The molecule has 1 aromatic carbocycles. The Bertz CT molecular complexity index is 416. The fourth-order valence-electron chi connectivity index (χ4n) is 1.34. The maximum atomic E-state index is 8.92. The molecule has 15 heavy (non-hydrogen) atoms. The van der Waals surface area contributed by atoms with Crippen LogP contribution in [0.3, 0.4) is 0 Å². The van der Waals surface area contributed by atoms with E-state index < -0.39 is 0 Å². The lowest BCUT2D eigenvalue weighted by molar-refractivity contribution is 0.413. The highest BCUT2D eigenvalue weighted by Gasteiger charge is 2.08. The number of aliphatic hydroxyl groups is 1. The van der Waals surface area contributed by atoms with E-state index in [1.54, 1.807) is 6.07 Å². The zero-order chi connectivity index (χ0) is 11.3. The zero-order valence-corrected chi connectivity index (χ0v) is 8.82. The quantitative estimate of drug-likeness (QED) is 0.607. The van der Waals surface area contributed by atoms with Crippen LogP contribution < -0.4 is 4.74 Å². The number of aryl methyl sites for hydroxylation is 1. The summed E-state index contributed by atoms with van der Waals surface area (Å²) in [6, 6.07) is 7.52. The van der Waals surface area contributed by atoms with Crippen molar-refractivity contribution in [2.24, 2.45) is 0 Å². The molecule has 1 aromatic rings. The fourth-order valence-corrected chi connectivity index (χ4v) is 1.34. The fraction of sp³-hybridized carbons (Fsp3) is 0.250. The minimum Gasteiger partial charge on any atom is -0.514 e. The number of hydrogen-bond donors (Lipinski definition) is 1. The summed E-state index contributed by atoms with van der Waals surface area (Å²) >= 11 is 0. The number of benzene rings is 1. The van der Waals surface area contributed by atoms with Crippen LogP contribution in [0.4, 0.5) is 0 Å². The first-order chi connectivity index (χ1) is 7.26. The van der Waals surface area contributed by atoms with Crippen LogP contribution in [0.25, 0.3) is 5.57 Å². The lowest BCUT2D eigenvalue weighted by Crippen LogP contribution is -1.93. The van der Waals surface area contributed by atoms with Crippen molar-refractivity contribution < 1.29 is 9.84 Å². The van der Waals surface area contributed by atoms with Crippen molar-refractivity contribution >= 4 is 5.57 Å². The normalized spacial score (nSPS) is 10.9. The Hall–Kier alpha value is -1.95. The molecule has 0 amide bonds. The number of nitriles is 1. The zero-order valence-electron chi connectivity index (χ0n) is 8.82. The molecule has 1 N–H and O–H groups in total. The van der Waals surface area contributed by atoms with Gasteiger partial charge >= 0.3 is 0 Å². The molecule has 0 unspecified atom stereocenters. The molecule has 78 valence electrons. The van der Waals surface area contributed by atoms with Crippen molar-refractivity contribution in [1.29, 1.82) is 5.26 Å². The highest BCUT2D eigenvalue weighted by atomic mass is 16.5. The summed E-state index contributed by atoms with van der Waals surface area (Å²) in [4.78, 5) is 0. The van der Waals surface area contributed by atoms with E-state index in [1.807, 2.05) is 25.1 Å². The molecule has 0 bridgehead atoms. The molecule has 3 heteroatoms. The van der Waals surface area contributed by atoms with Gasteiger partial charge in [0.05, 0.1) is 18.9 Å². The predicted octanol–water partition coefficient (Wildman–Crippen LogP) is 2.68. The molecule has 3 nitrogen and oxygen atoms in total. The molecule has 0 radical (unpaired) electrons. The lowest BCUT2D eigenvalue weighted by atomic mass is 10.0. The summed E-state index contributed by atoms with van der Waals surface area (Å²) in [5.41, 5.74) is 1.93. The Morgan fingerprint density at radius 3 is 2.80 bits per heavy atom. The van der Waals surface area contributed by atoms with Gasteiger partial charge in [-0.1, -0.05) is 13.0 Å². The van der Waals surface area contributed by atoms with Gasteiger partial charge in [0.1, 0.15) is 11.8 Å². The van der Waals surface area contributed by atoms with E-state index in [-0.39, 0.29) is 5.57 Å². The summed E-state index contributed by atoms with van der Waals surface area (Å²) in [5, 5.41) is 17.8. The van der Waals surface area contributed by atoms with Crippen LogP contribution >= 0.6 is 0 Å². The van der Waals surface area contributed by atoms with Crippen molar-refractivity contribution in [3.8, 4) is 11.8 Å². The van der Waals surface area contributed by atoms with Crippen LogP contribution in [0.5, 0.6) is 5.75 Å². The van der Waals surface area contributed by atoms with Crippen LogP contribution in [-0.2, 0) is 6.42 Å². The number of ether oxygens (including phenoxy) is 1. The first-order valence-corrected chi connectivity index (χ1v) is 4.68. The molecule has 0 aliphatic carbocycles. The molecule has 0 spiro atoms. The summed E-state index contributed by atoms with van der Waals surface area (Å²) in [6.07, 6.45) is 1.68. The highest BCUT2D eigenvalue weighted by Crippen LogP contribution is 2.26. The largest absolute Gasteiger partial charge is 0.514 e. The molecular formula is C12H13NO2. The van der Waals surface area contributed by atoms with E-state index in [0.29, 0.717) is 11.3 Å². The van der Waals surface area contributed by atoms with Gasteiger partial charge in [-0.15, -0.1) is 0 Å². The minimum absolute atomic E-state index is 0.210. The standard InChI is InChI=1S/C12H13NO2/c1-3-9-4-5-12(15-2)11(6-9)10(7-13)8-14/h4-6,8,14H,3H2,1-2H3/b10-8+. The molecule has 0 heterocycles. The van der Waals surface area contributed by atoms with Crippen molar-refractivity contribution in [2.45, 2.75) is 13.3 Å². The van der Waals surface area contributed by atoms with Crippen LogP contribution in [0.1, 0.15) is 18.1 Å². The van der Waals surface area contributed by atoms with Crippen LogP contribution in [-0.4, -0.2) is 12.2 Å². The Balaban J connectivity index is 3.30. The van der Waals surface area contributed by atoms with Gasteiger partial charge in [-0.2, -0.15) is 5.26 Å². The first kappa shape index (κ1) is 11.1. The van der Waals surface area contributed by atoms with Gasteiger partial charge in [-0.25, -0.2) is 0 Å². The average molecular weight is 203 g/mol. The first-order valence-electron chi connectivity index (χ1n) is 4.68. The SMILES string of the molecule is CCc1ccc(OC)c(/C(C#N)=C/O)c1. The predicted molar refractivity (Wildman–Crippen MR) is 58.6 cm³/mol. The Morgan fingerprint density at radius 1 is 1.60 bits per heavy atom. The highest BCUT2D eigenvalue weighted by molar-refractivity contribution is 5.79. The summed E-state index contributed by atoms with van der Waals surface area (Å²) in [5.74, 6) is 0.592. The van der Waals surface area contributed by atoms with Gasteiger partial charge in [0.15, 0.2) is 0 Å². The van der Waals surface area contributed by atoms with Gasteiger partial charge in [0, 0.05) is 5.56 Å². The van der Waals surface area contributed by atoms with Crippen molar-refractivity contribution in [3.05, 3.63) is 35.6 Å². The summed E-state index contributed by atoms with van der Waals surface area (Å²) in [6.45, 7) is 2.03. The minimum atomic E-state index is 0.210. The molecule has 0 saturated carbocycles. The molecule has 1 rings (SSSR count). The third kappa shape index (κ3) is 2.29.